The lowest BCUT2D eigenvalue weighted by atomic mass is 10.1. The number of rotatable bonds is 6. The van der Waals surface area contributed by atoms with Gasteiger partial charge in [-0.1, -0.05) is 0 Å². The summed E-state index contributed by atoms with van der Waals surface area (Å²) in [6, 6.07) is 8.21. The van der Waals surface area contributed by atoms with Crippen LogP contribution in [0, 0.1) is 0 Å². The fraction of sp³-hybridized carbons (Fsp3) is 0.412. The minimum atomic E-state index is -3.58. The number of ether oxygens (including phenoxy) is 3. The van der Waals surface area contributed by atoms with Gasteiger partial charge in [0, 0.05) is 18.8 Å². The average Bonchev–Trinajstić information content (AvgIpc) is 2.68. The number of sulfonamides is 1. The van der Waals surface area contributed by atoms with E-state index >= 15 is 0 Å². The first-order valence-corrected chi connectivity index (χ1v) is 9.65. The van der Waals surface area contributed by atoms with Gasteiger partial charge in [-0.05, 0) is 37.1 Å². The maximum atomic E-state index is 12.9. The number of methoxy groups -OCH3 is 2. The molecule has 1 aromatic carbocycles. The number of aromatic nitrogens is 2. The van der Waals surface area contributed by atoms with Crippen molar-refractivity contribution in [3.05, 3.63) is 36.5 Å². The molecule has 140 valence electrons. The first kappa shape index (κ1) is 18.4. The van der Waals surface area contributed by atoms with Crippen LogP contribution in [0.1, 0.15) is 12.8 Å². The third-order valence-electron chi connectivity index (χ3n) is 4.12. The maximum absolute atomic E-state index is 12.9. The van der Waals surface area contributed by atoms with E-state index in [1.165, 1.54) is 24.7 Å². The molecule has 26 heavy (non-hydrogen) atoms. The lowest BCUT2D eigenvalue weighted by molar-refractivity contribution is 0.123. The summed E-state index contributed by atoms with van der Waals surface area (Å²) in [5.74, 6) is 0.979. The number of benzene rings is 1. The Morgan fingerprint density at radius 3 is 2.58 bits per heavy atom. The van der Waals surface area contributed by atoms with Crippen LogP contribution in [-0.2, 0) is 10.0 Å². The molecular weight excluding hydrogens is 358 g/mol. The van der Waals surface area contributed by atoms with Gasteiger partial charge in [-0.15, -0.1) is 0 Å². The molecule has 1 fully saturated rings. The highest BCUT2D eigenvalue weighted by molar-refractivity contribution is 7.89. The van der Waals surface area contributed by atoms with Crippen LogP contribution in [0.15, 0.2) is 41.4 Å². The second-order valence-electron chi connectivity index (χ2n) is 5.80. The van der Waals surface area contributed by atoms with Gasteiger partial charge in [0.15, 0.2) is 0 Å². The molecule has 0 aliphatic carbocycles. The van der Waals surface area contributed by atoms with Crippen LogP contribution in [0.5, 0.6) is 17.6 Å². The van der Waals surface area contributed by atoms with Crippen LogP contribution >= 0.6 is 0 Å². The smallest absolute Gasteiger partial charge is 0.319 e. The molecular formula is C17H21N3O5S. The normalized spacial score (nSPS) is 18.3. The lowest BCUT2D eigenvalue weighted by Crippen LogP contribution is -2.44. The number of hydrogen-bond acceptors (Lipinski definition) is 7. The van der Waals surface area contributed by atoms with Gasteiger partial charge < -0.3 is 14.2 Å². The van der Waals surface area contributed by atoms with Gasteiger partial charge in [0.05, 0.1) is 25.7 Å². The van der Waals surface area contributed by atoms with E-state index in [1.807, 2.05) is 0 Å². The van der Waals surface area contributed by atoms with Crippen LogP contribution < -0.4 is 14.2 Å². The monoisotopic (exact) mass is 379 g/mol. The number of hydrogen-bond donors (Lipinski definition) is 0. The average molecular weight is 379 g/mol. The van der Waals surface area contributed by atoms with E-state index in [1.54, 1.807) is 30.3 Å². The molecule has 1 aliphatic heterocycles. The fourth-order valence-electron chi connectivity index (χ4n) is 2.78. The van der Waals surface area contributed by atoms with Crippen LogP contribution in [0.25, 0.3) is 0 Å². The Hall–Kier alpha value is -2.39. The Kier molecular flexibility index (Phi) is 5.58. The zero-order valence-electron chi connectivity index (χ0n) is 14.7. The molecule has 1 atom stereocenters. The van der Waals surface area contributed by atoms with E-state index in [0.29, 0.717) is 24.6 Å². The summed E-state index contributed by atoms with van der Waals surface area (Å²) in [5.41, 5.74) is 0. The van der Waals surface area contributed by atoms with E-state index in [9.17, 15) is 8.42 Å². The summed E-state index contributed by atoms with van der Waals surface area (Å²) in [5, 5.41) is 0. The Morgan fingerprint density at radius 1 is 1.12 bits per heavy atom. The highest BCUT2D eigenvalue weighted by atomic mass is 32.2. The van der Waals surface area contributed by atoms with Gasteiger partial charge in [0.2, 0.25) is 15.9 Å². The van der Waals surface area contributed by atoms with Crippen LogP contribution in [0.2, 0.25) is 0 Å². The zero-order chi connectivity index (χ0) is 18.6. The molecule has 1 aromatic heterocycles. The van der Waals surface area contributed by atoms with Crippen LogP contribution in [-0.4, -0.2) is 56.1 Å². The van der Waals surface area contributed by atoms with E-state index in [0.717, 1.165) is 6.42 Å². The molecule has 0 amide bonds. The molecule has 3 rings (SSSR count). The van der Waals surface area contributed by atoms with Crippen molar-refractivity contribution >= 4 is 10.0 Å². The molecule has 9 heteroatoms. The van der Waals surface area contributed by atoms with E-state index < -0.39 is 10.0 Å². The van der Waals surface area contributed by atoms with Crippen molar-refractivity contribution < 1.29 is 22.6 Å². The van der Waals surface area contributed by atoms with Crippen molar-refractivity contribution in [2.45, 2.75) is 23.8 Å². The summed E-state index contributed by atoms with van der Waals surface area (Å²) >= 11 is 0. The van der Waals surface area contributed by atoms with Gasteiger partial charge in [0.25, 0.3) is 0 Å². The van der Waals surface area contributed by atoms with Crippen molar-refractivity contribution in [2.75, 3.05) is 27.3 Å². The summed E-state index contributed by atoms with van der Waals surface area (Å²) in [4.78, 5) is 8.28. The molecule has 0 bridgehead atoms. The van der Waals surface area contributed by atoms with Gasteiger partial charge in [0.1, 0.15) is 11.9 Å². The molecule has 2 aromatic rings. The van der Waals surface area contributed by atoms with Gasteiger partial charge >= 0.3 is 6.01 Å². The molecule has 0 saturated carbocycles. The Labute approximate surface area is 152 Å². The minimum Gasteiger partial charge on any atom is -0.497 e. The van der Waals surface area contributed by atoms with Crippen LogP contribution in [0.4, 0.5) is 0 Å². The van der Waals surface area contributed by atoms with Gasteiger partial charge in [-0.25, -0.2) is 13.4 Å². The highest BCUT2D eigenvalue weighted by Crippen LogP contribution is 2.24. The first-order valence-electron chi connectivity index (χ1n) is 8.21. The first-order chi connectivity index (χ1) is 12.5. The molecule has 0 spiro atoms. The Morgan fingerprint density at radius 2 is 1.88 bits per heavy atom. The summed E-state index contributed by atoms with van der Waals surface area (Å²) < 4.78 is 43.1. The van der Waals surface area contributed by atoms with Gasteiger partial charge in [-0.3, -0.25) is 0 Å². The van der Waals surface area contributed by atoms with Crippen molar-refractivity contribution in [1.82, 2.24) is 14.3 Å². The largest absolute Gasteiger partial charge is 0.497 e. The highest BCUT2D eigenvalue weighted by Gasteiger charge is 2.31. The second-order valence-corrected chi connectivity index (χ2v) is 7.74. The van der Waals surface area contributed by atoms with Crippen molar-refractivity contribution in [3.8, 4) is 17.6 Å². The number of nitrogens with zero attached hydrogens (tertiary/aromatic N) is 3. The third-order valence-corrected chi connectivity index (χ3v) is 6.00. The predicted octanol–water partition coefficient (Wildman–Crippen LogP) is 1.73. The Balaban J connectivity index is 1.72. The molecule has 1 aliphatic rings. The number of piperidine rings is 1. The molecule has 8 nitrogen and oxygen atoms in total. The van der Waals surface area contributed by atoms with Crippen LogP contribution in [0.3, 0.4) is 0 Å². The second kappa shape index (κ2) is 7.88. The molecule has 2 heterocycles. The van der Waals surface area contributed by atoms with E-state index in [2.05, 4.69) is 9.97 Å². The summed E-state index contributed by atoms with van der Waals surface area (Å²) in [6.45, 7) is 0.724. The quantitative estimate of drug-likeness (QED) is 0.755. The third kappa shape index (κ3) is 4.05. The van der Waals surface area contributed by atoms with E-state index in [4.69, 9.17) is 14.2 Å². The predicted molar refractivity (Wildman–Crippen MR) is 94.0 cm³/mol. The zero-order valence-corrected chi connectivity index (χ0v) is 15.5. The van der Waals surface area contributed by atoms with Crippen molar-refractivity contribution in [3.63, 3.8) is 0 Å². The fourth-order valence-corrected chi connectivity index (χ4v) is 4.29. The van der Waals surface area contributed by atoms with Crippen molar-refractivity contribution in [1.29, 1.82) is 0 Å². The lowest BCUT2D eigenvalue weighted by Gasteiger charge is -2.31. The molecule has 1 saturated heterocycles. The van der Waals surface area contributed by atoms with Crippen molar-refractivity contribution in [2.24, 2.45) is 0 Å². The Bertz CT molecular complexity index is 842. The summed E-state index contributed by atoms with van der Waals surface area (Å²) in [6.07, 6.45) is 2.72. The SMILES string of the molecule is COc1ccc(S(=O)(=O)N2CCCC(Oc3ccnc(OC)n3)C2)cc1. The topological polar surface area (TPSA) is 90.9 Å². The minimum absolute atomic E-state index is 0.209. The summed E-state index contributed by atoms with van der Waals surface area (Å²) in [7, 11) is -0.570. The van der Waals surface area contributed by atoms with Gasteiger partial charge in [-0.2, -0.15) is 9.29 Å². The maximum Gasteiger partial charge on any atom is 0.319 e. The molecule has 0 N–H and O–H groups in total. The van der Waals surface area contributed by atoms with E-state index in [-0.39, 0.29) is 23.6 Å². The molecule has 1 unspecified atom stereocenters. The molecule has 0 radical (unpaired) electrons. The standard InChI is InChI=1S/C17H21N3O5S/c1-23-13-5-7-15(8-6-13)26(21,22)20-11-3-4-14(12-20)25-16-9-10-18-17(19-16)24-2/h5-10,14H,3-4,11-12H2,1-2H3.